The molecule has 0 spiro atoms. The minimum atomic E-state index is 0.577. The quantitative estimate of drug-likeness (QED) is 0.678. The van der Waals surface area contributed by atoms with Crippen LogP contribution in [0.4, 0.5) is 0 Å². The van der Waals surface area contributed by atoms with Crippen molar-refractivity contribution in [3.05, 3.63) is 53.7 Å². The van der Waals surface area contributed by atoms with Gasteiger partial charge in [0.15, 0.2) is 0 Å². The molecule has 0 aliphatic rings. The second-order valence-corrected chi connectivity index (χ2v) is 5.01. The molecular weight excluding hydrogens is 260 g/mol. The molecule has 4 heteroatoms. The topological polar surface area (TPSA) is 31.0 Å². The maximum absolute atomic E-state index is 5.89. The van der Waals surface area contributed by atoms with Crippen molar-refractivity contribution in [3.8, 4) is 0 Å². The van der Waals surface area contributed by atoms with Crippen molar-refractivity contribution in [2.24, 2.45) is 0 Å². The molecule has 0 amide bonds. The Morgan fingerprint density at radius 2 is 2.21 bits per heavy atom. The van der Waals surface area contributed by atoms with E-state index in [-0.39, 0.29) is 0 Å². The van der Waals surface area contributed by atoms with Gasteiger partial charge in [-0.25, -0.2) is 4.98 Å². The van der Waals surface area contributed by atoms with Gasteiger partial charge >= 0.3 is 0 Å². The van der Waals surface area contributed by atoms with E-state index in [4.69, 9.17) is 21.0 Å². The molecule has 0 saturated carbocycles. The third kappa shape index (κ3) is 2.26. The monoisotopic (exact) mass is 274 g/mol. The van der Waals surface area contributed by atoms with Crippen molar-refractivity contribution < 1.29 is 4.42 Å². The fraction of sp³-hybridized carbons (Fsp3) is 0.267. The molecule has 98 valence electrons. The van der Waals surface area contributed by atoms with Crippen LogP contribution in [0.15, 0.2) is 41.2 Å². The van der Waals surface area contributed by atoms with Gasteiger partial charge in [-0.2, -0.15) is 0 Å². The van der Waals surface area contributed by atoms with Crippen LogP contribution >= 0.6 is 11.6 Å². The van der Waals surface area contributed by atoms with Crippen LogP contribution in [-0.2, 0) is 13.0 Å². The number of para-hydroxylation sites is 1. The van der Waals surface area contributed by atoms with Gasteiger partial charge in [-0.3, -0.25) is 0 Å². The van der Waals surface area contributed by atoms with Gasteiger partial charge in [-0.15, -0.1) is 11.6 Å². The molecule has 3 nitrogen and oxygen atoms in total. The molecule has 0 unspecified atom stereocenters. The lowest BCUT2D eigenvalue weighted by molar-refractivity contribution is 0.562. The Bertz CT molecular complexity index is 686. The van der Waals surface area contributed by atoms with Crippen LogP contribution in [0.3, 0.4) is 0 Å². The number of alkyl halides is 1. The van der Waals surface area contributed by atoms with Crippen molar-refractivity contribution in [1.82, 2.24) is 9.55 Å². The molecule has 0 radical (unpaired) electrons. The van der Waals surface area contributed by atoms with Crippen LogP contribution in [0.2, 0.25) is 0 Å². The number of fused-ring (bicyclic) bond motifs is 1. The summed E-state index contributed by atoms with van der Waals surface area (Å²) in [7, 11) is 0. The lowest BCUT2D eigenvalue weighted by Crippen LogP contribution is -2.05. The molecular formula is C15H15ClN2O. The predicted octanol–water partition coefficient (Wildman–Crippen LogP) is 3.77. The van der Waals surface area contributed by atoms with Gasteiger partial charge < -0.3 is 8.98 Å². The molecule has 0 saturated heterocycles. The Morgan fingerprint density at radius 3 is 2.95 bits per heavy atom. The number of imidazole rings is 1. The number of aryl methyl sites for hydroxylation is 2. The minimum absolute atomic E-state index is 0.577. The standard InChI is InChI=1S/C15H15ClN2O/c1-11-3-2-4-13-15(11)17-14(5-7-16)18(13)9-12-6-8-19-10-12/h2-4,6,8,10H,5,7,9H2,1H3. The first kappa shape index (κ1) is 12.3. The van der Waals surface area contributed by atoms with Crippen molar-refractivity contribution in [1.29, 1.82) is 0 Å². The SMILES string of the molecule is Cc1cccc2c1nc(CCCl)n2Cc1ccoc1. The number of aromatic nitrogens is 2. The summed E-state index contributed by atoms with van der Waals surface area (Å²) in [6.07, 6.45) is 4.24. The zero-order chi connectivity index (χ0) is 13.2. The van der Waals surface area contributed by atoms with Gasteiger partial charge in [0.25, 0.3) is 0 Å². The van der Waals surface area contributed by atoms with Gasteiger partial charge in [0.1, 0.15) is 5.82 Å². The molecule has 19 heavy (non-hydrogen) atoms. The minimum Gasteiger partial charge on any atom is -0.472 e. The Morgan fingerprint density at radius 1 is 1.32 bits per heavy atom. The summed E-state index contributed by atoms with van der Waals surface area (Å²) in [5, 5.41) is 0. The molecule has 3 aromatic rings. The normalized spacial score (nSPS) is 11.3. The summed E-state index contributed by atoms with van der Waals surface area (Å²) in [5.74, 6) is 1.61. The Balaban J connectivity index is 2.13. The first-order valence-corrected chi connectivity index (χ1v) is 6.85. The summed E-state index contributed by atoms with van der Waals surface area (Å²) < 4.78 is 7.36. The second kappa shape index (κ2) is 5.10. The smallest absolute Gasteiger partial charge is 0.111 e. The lowest BCUT2D eigenvalue weighted by Gasteiger charge is -2.06. The van der Waals surface area contributed by atoms with Crippen LogP contribution in [0.25, 0.3) is 11.0 Å². The lowest BCUT2D eigenvalue weighted by atomic mass is 10.2. The van der Waals surface area contributed by atoms with Crippen LogP contribution in [0, 0.1) is 6.92 Å². The van der Waals surface area contributed by atoms with Gasteiger partial charge in [0, 0.05) is 17.9 Å². The predicted molar refractivity (Wildman–Crippen MR) is 76.7 cm³/mol. The number of hydrogen-bond donors (Lipinski definition) is 0. The van der Waals surface area contributed by atoms with Crippen molar-refractivity contribution in [3.63, 3.8) is 0 Å². The first-order chi connectivity index (χ1) is 9.29. The van der Waals surface area contributed by atoms with Crippen molar-refractivity contribution in [2.75, 3.05) is 5.88 Å². The number of rotatable bonds is 4. The van der Waals surface area contributed by atoms with Crippen LogP contribution in [0.5, 0.6) is 0 Å². The zero-order valence-corrected chi connectivity index (χ0v) is 11.5. The highest BCUT2D eigenvalue weighted by Gasteiger charge is 2.12. The highest BCUT2D eigenvalue weighted by atomic mass is 35.5. The van der Waals surface area contributed by atoms with Gasteiger partial charge in [-0.05, 0) is 24.6 Å². The molecule has 0 N–H and O–H groups in total. The number of halogens is 1. The third-order valence-electron chi connectivity index (χ3n) is 3.30. The molecule has 0 aliphatic heterocycles. The third-order valence-corrected chi connectivity index (χ3v) is 3.49. The van der Waals surface area contributed by atoms with E-state index < -0.39 is 0 Å². The largest absolute Gasteiger partial charge is 0.472 e. The zero-order valence-electron chi connectivity index (χ0n) is 10.8. The van der Waals surface area contributed by atoms with E-state index in [9.17, 15) is 0 Å². The number of hydrogen-bond acceptors (Lipinski definition) is 2. The van der Waals surface area contributed by atoms with Crippen LogP contribution in [0.1, 0.15) is 17.0 Å². The summed E-state index contributed by atoms with van der Waals surface area (Å²) in [6.45, 7) is 2.85. The van der Waals surface area contributed by atoms with E-state index in [1.54, 1.807) is 12.5 Å². The number of benzene rings is 1. The maximum atomic E-state index is 5.89. The highest BCUT2D eigenvalue weighted by Crippen LogP contribution is 2.21. The van der Waals surface area contributed by atoms with E-state index >= 15 is 0 Å². The van der Waals surface area contributed by atoms with E-state index in [1.807, 2.05) is 6.07 Å². The Labute approximate surface area is 116 Å². The molecule has 3 rings (SSSR count). The molecule has 0 atom stereocenters. The summed E-state index contributed by atoms with van der Waals surface area (Å²) in [6, 6.07) is 8.23. The Hall–Kier alpha value is -1.74. The highest BCUT2D eigenvalue weighted by molar-refractivity contribution is 6.17. The number of nitrogens with zero attached hydrogens (tertiary/aromatic N) is 2. The fourth-order valence-electron chi connectivity index (χ4n) is 2.35. The molecule has 2 heterocycles. The molecule has 0 fully saturated rings. The second-order valence-electron chi connectivity index (χ2n) is 4.63. The van der Waals surface area contributed by atoms with E-state index in [0.717, 1.165) is 35.4 Å². The summed E-state index contributed by atoms with van der Waals surface area (Å²) in [5.41, 5.74) is 4.54. The first-order valence-electron chi connectivity index (χ1n) is 6.31. The van der Waals surface area contributed by atoms with E-state index in [1.165, 1.54) is 5.56 Å². The molecule has 2 aromatic heterocycles. The van der Waals surface area contributed by atoms with E-state index in [2.05, 4.69) is 29.7 Å². The molecule has 0 bridgehead atoms. The Kier molecular flexibility index (Phi) is 3.30. The van der Waals surface area contributed by atoms with Crippen molar-refractivity contribution >= 4 is 22.6 Å². The number of furan rings is 1. The van der Waals surface area contributed by atoms with Gasteiger partial charge in [-0.1, -0.05) is 12.1 Å². The van der Waals surface area contributed by atoms with Gasteiger partial charge in [0.2, 0.25) is 0 Å². The molecule has 1 aromatic carbocycles. The van der Waals surface area contributed by atoms with E-state index in [0.29, 0.717) is 5.88 Å². The van der Waals surface area contributed by atoms with Crippen LogP contribution < -0.4 is 0 Å². The average molecular weight is 275 g/mol. The van der Waals surface area contributed by atoms with Crippen LogP contribution in [-0.4, -0.2) is 15.4 Å². The van der Waals surface area contributed by atoms with Gasteiger partial charge in [0.05, 0.1) is 30.1 Å². The molecule has 0 aliphatic carbocycles. The summed E-state index contributed by atoms with van der Waals surface area (Å²) in [4.78, 5) is 4.73. The average Bonchev–Trinajstić information content (AvgIpc) is 3.01. The maximum Gasteiger partial charge on any atom is 0.111 e. The fourth-order valence-corrected chi connectivity index (χ4v) is 2.52. The van der Waals surface area contributed by atoms with Crippen molar-refractivity contribution in [2.45, 2.75) is 19.9 Å². The summed E-state index contributed by atoms with van der Waals surface area (Å²) >= 11 is 5.89.